The minimum atomic E-state index is -3.85. The van der Waals surface area contributed by atoms with Gasteiger partial charge in [-0.05, 0) is 138 Å². The second-order valence-electron chi connectivity index (χ2n) is 30.1. The Morgan fingerprint density at radius 3 is 1.10 bits per heavy atom. The summed E-state index contributed by atoms with van der Waals surface area (Å²) in [6.45, 7) is 24.3. The summed E-state index contributed by atoms with van der Waals surface area (Å²) in [5, 5.41) is 24.7. The molecule has 0 aliphatic carbocycles. The second kappa shape index (κ2) is 50.7. The Hall–Kier alpha value is -11.6. The Morgan fingerprint density at radius 1 is 0.458 bits per heavy atom. The Balaban J connectivity index is 0.000000221. The Labute approximate surface area is 786 Å². The van der Waals surface area contributed by atoms with E-state index in [9.17, 15) is 44.7 Å². The third-order valence-corrected chi connectivity index (χ3v) is 26.5. The molecule has 0 spiro atoms. The van der Waals surface area contributed by atoms with Gasteiger partial charge in [0.1, 0.15) is 47.8 Å². The number of aliphatic carboxylic acids is 1. The van der Waals surface area contributed by atoms with Gasteiger partial charge in [-0.1, -0.05) is 187 Å². The smallest absolute Gasteiger partial charge is 0.481 e. The van der Waals surface area contributed by atoms with Gasteiger partial charge < -0.3 is 45.8 Å². The van der Waals surface area contributed by atoms with Crippen molar-refractivity contribution < 1.29 is 73.1 Å². The van der Waals surface area contributed by atoms with Gasteiger partial charge in [-0.15, -0.1) is 12.4 Å². The van der Waals surface area contributed by atoms with Gasteiger partial charge in [-0.25, -0.2) is 62.1 Å². The molecule has 14 aromatic rings. The Morgan fingerprint density at radius 2 is 0.763 bits per heavy atom. The molecular weight excluding hydrogens is 1740 g/mol. The van der Waals surface area contributed by atoms with Crippen LogP contribution in [0.5, 0.6) is 0 Å². The van der Waals surface area contributed by atoms with Crippen LogP contribution in [0.4, 0.5) is 11.4 Å². The van der Waals surface area contributed by atoms with Gasteiger partial charge in [0.2, 0.25) is 0 Å². The zero-order valence-corrected chi connectivity index (χ0v) is 79.7. The van der Waals surface area contributed by atoms with Crippen LogP contribution in [0.3, 0.4) is 0 Å². The molecule has 692 valence electrons. The molecule has 8 N–H and O–H groups in total. The zero-order valence-electron chi connectivity index (χ0n) is 76.4. The fourth-order valence-corrected chi connectivity index (χ4v) is 19.8. The first-order chi connectivity index (χ1) is 62.5. The van der Waals surface area contributed by atoms with Crippen LogP contribution in [0, 0.1) is 5.41 Å². The summed E-state index contributed by atoms with van der Waals surface area (Å²) >= 11 is 0. The number of imidazole rings is 2. The number of carbonyl (C=O) groups excluding carboxylic acids is 2. The van der Waals surface area contributed by atoms with Crippen LogP contribution in [0.15, 0.2) is 252 Å². The minimum Gasteiger partial charge on any atom is -0.481 e. The largest absolute Gasteiger partial charge is 1.00 e. The number of aromatic nitrogens is 10. The van der Waals surface area contributed by atoms with Crippen LogP contribution in [0.25, 0.3) is 55.2 Å². The van der Waals surface area contributed by atoms with Gasteiger partial charge >= 0.3 is 36.8 Å². The van der Waals surface area contributed by atoms with Gasteiger partial charge in [-0.2, -0.15) is 0 Å². The maximum absolute atomic E-state index is 13.5. The first-order valence-corrected chi connectivity index (χ1v) is 48.2. The second-order valence-corrected chi connectivity index (χ2v) is 35.5. The van der Waals surface area contributed by atoms with Crippen LogP contribution in [-0.4, -0.2) is 187 Å². The number of carbonyl (C=O) groups is 3. The summed E-state index contributed by atoms with van der Waals surface area (Å²) in [6, 6.07) is 61.9. The molecule has 8 aromatic heterocycles. The van der Waals surface area contributed by atoms with Crippen molar-refractivity contribution in [2.75, 3.05) is 77.6 Å². The van der Waals surface area contributed by atoms with E-state index in [0.29, 0.717) is 74.7 Å². The van der Waals surface area contributed by atoms with E-state index in [1.54, 1.807) is 148 Å². The van der Waals surface area contributed by atoms with Crippen molar-refractivity contribution in [2.45, 2.75) is 166 Å². The number of piperidine rings is 3. The van der Waals surface area contributed by atoms with Crippen molar-refractivity contribution in [2.24, 2.45) is 5.73 Å². The molecule has 131 heavy (non-hydrogen) atoms. The monoisotopic (exact) mass is 1860 g/mol. The summed E-state index contributed by atoms with van der Waals surface area (Å²) in [6.07, 6.45) is 14.4. The van der Waals surface area contributed by atoms with Crippen molar-refractivity contribution >= 4 is 133 Å². The number of nitrogens with two attached hydrogens (primary N) is 2. The number of esters is 2. The van der Waals surface area contributed by atoms with E-state index in [1.165, 1.54) is 41.0 Å². The molecule has 3 fully saturated rings. The molecule has 0 amide bonds. The molecular formula is C96H121ClLiN18O12S3+. The summed E-state index contributed by atoms with van der Waals surface area (Å²) in [7, 11) is -7.69. The van der Waals surface area contributed by atoms with E-state index >= 15 is 0 Å². The summed E-state index contributed by atoms with van der Waals surface area (Å²) in [4.78, 5) is 65.4. The predicted octanol–water partition coefficient (Wildman–Crippen LogP) is 12.8. The number of nitrogens with zero attached hydrogens (tertiary/aromatic N) is 13. The molecule has 35 heteroatoms. The number of pyridine rings is 3. The molecule has 0 unspecified atom stereocenters. The van der Waals surface area contributed by atoms with Crippen LogP contribution in [0.2, 0.25) is 0 Å². The maximum atomic E-state index is 13.5. The minimum absolute atomic E-state index is 0. The number of nitrogen functional groups attached to an aromatic ring is 1. The first-order valence-electron chi connectivity index (χ1n) is 43.9. The number of halogens is 1. The number of rotatable bonds is 24. The third-order valence-electron chi connectivity index (χ3n) is 21.5. The molecule has 17 rings (SSSR count). The standard InChI is InChI=1S/C30H31N5O4S.C28H27N5O4S.C25H27N5O2S.C5H10N2O2.C2H7N.3C2H6.ClH.Li/c1-2-39-28(36)19-27-32-26-20-31-30-25(15-18-34(30)40(37,38)24-11-7-4-8-12-24)29(26)35(27)23-13-16-33(17-14-23)21-22-9-5-3-6-10-22;34-26(35)17-25-30-24-18-29-28-23(13-16-32(28)38(36,37)22-9-5-2-6-10-22)27(24)33(25)21-11-14-31(15-12-21)19-20-7-3-1-4-8-20;26-23-17-27-25-22(13-16-30(25)33(31,32)21-9-5-2-6-10-21)24(23)28-20-11-14-29(15-12-20)18-19-7-3-1-4-8-19;1-2-9-5(8)3-4(6)7;1-3-2;3*1-2;;/h3-12,15,18,20,23H,2,13-14,16-17,19,21H2,1H3;1-10,13,16,18,21H,11-12,14-15,17,19H2,(H,34,35);1-10,13,16-17,20H,11-12,14-15,18,26H2,(H,27,28);2-3H2,1H3,(H3,6,7);3H,1-2H3;3*1-2H3;1H;/q;;;;;;;;;+1. The van der Waals surface area contributed by atoms with Gasteiger partial charge in [0.05, 0.1) is 68.9 Å². The van der Waals surface area contributed by atoms with Crippen LogP contribution < -0.4 is 41.0 Å². The number of carboxylic acids is 1. The molecule has 0 radical (unpaired) electrons. The average molecular weight is 1860 g/mol. The normalized spacial score (nSPS) is 13.9. The molecule has 30 nitrogen and oxygen atoms in total. The zero-order chi connectivity index (χ0) is 92.8. The molecule has 3 aliphatic rings. The molecule has 3 saturated heterocycles. The first kappa shape index (κ1) is 105. The number of likely N-dealkylation sites (tertiary alicyclic amines) is 3. The maximum Gasteiger partial charge on any atom is 1.00 e. The van der Waals surface area contributed by atoms with E-state index in [2.05, 4.69) is 115 Å². The SMILES string of the molecule is CC.CC.CC.CCOC(=O)CC(=N)N.CCOC(=O)Cc1nc2cnc3c(ccn3S(=O)(=O)c3ccccc3)c2n1C1CCN(Cc2ccccc2)CC1.CNC.Cl.Nc1cnc2c(ccn2S(=O)(=O)c2ccccc2)c1NC1CCN(Cc2ccccc2)CC1.O=C(O)Cc1nc2cnc3c(ccn3S(=O)(=O)c3ccccc3)c2n1C1CCN(Cc2ccccc2)CC1.[Li+]. The van der Waals surface area contributed by atoms with E-state index in [4.69, 9.17) is 26.6 Å². The Bertz CT molecular complexity index is 6330. The fourth-order valence-electron chi connectivity index (χ4n) is 15.8. The summed E-state index contributed by atoms with van der Waals surface area (Å²) < 4.78 is 97.6. The number of hydrogen-bond donors (Lipinski definition) is 6. The Kier molecular flexibility index (Phi) is 40.5. The number of fused-ring (bicyclic) bond motifs is 7. The molecule has 0 atom stereocenters. The predicted molar refractivity (Wildman–Crippen MR) is 517 cm³/mol. The van der Waals surface area contributed by atoms with Crippen LogP contribution in [0.1, 0.15) is 141 Å². The van der Waals surface area contributed by atoms with Gasteiger partial charge in [0.25, 0.3) is 30.1 Å². The van der Waals surface area contributed by atoms with Gasteiger partial charge in [0, 0.05) is 112 Å². The topological polar surface area (TPSA) is 391 Å². The summed E-state index contributed by atoms with van der Waals surface area (Å²) in [5.74, 6) is -0.825. The summed E-state index contributed by atoms with van der Waals surface area (Å²) in [5.41, 5.74) is 20.0. The molecule has 3 aliphatic heterocycles. The van der Waals surface area contributed by atoms with Crippen molar-refractivity contribution in [1.29, 1.82) is 5.41 Å². The molecule has 11 heterocycles. The van der Waals surface area contributed by atoms with Gasteiger partial charge in [0.15, 0.2) is 16.9 Å². The number of ether oxygens (including phenoxy) is 2. The number of anilines is 2. The number of carboxylic acid groups (broad SMARTS) is 1. The average Bonchev–Trinajstić information content (AvgIpc) is 1.59. The van der Waals surface area contributed by atoms with Crippen molar-refractivity contribution in [1.82, 2.24) is 66.0 Å². The molecule has 0 saturated carbocycles. The molecule has 0 bridgehead atoms. The quantitative estimate of drug-likeness (QED) is 0.0142. The van der Waals surface area contributed by atoms with Crippen LogP contribution in [-0.2, 0) is 86.4 Å². The van der Waals surface area contributed by atoms with E-state index in [1.807, 2.05) is 90.5 Å². The van der Waals surface area contributed by atoms with Gasteiger partial charge in [-0.3, -0.25) is 34.5 Å². The number of benzene rings is 6. The number of amidine groups is 1. The fraction of sp³-hybridized carbons (Fsp3) is 0.344. The number of nitrogens with one attached hydrogen (secondary N) is 3. The van der Waals surface area contributed by atoms with E-state index in [0.717, 1.165) is 114 Å². The van der Waals surface area contributed by atoms with Crippen molar-refractivity contribution in [3.8, 4) is 0 Å². The molecule has 6 aromatic carbocycles. The number of hydrogen-bond acceptors (Lipinski definition) is 23. The van der Waals surface area contributed by atoms with E-state index < -0.39 is 42.0 Å². The third kappa shape index (κ3) is 26.4. The van der Waals surface area contributed by atoms with Crippen molar-refractivity contribution in [3.05, 3.63) is 266 Å². The van der Waals surface area contributed by atoms with Crippen LogP contribution >= 0.6 is 12.4 Å². The van der Waals surface area contributed by atoms with Crippen molar-refractivity contribution in [3.63, 3.8) is 0 Å². The van der Waals surface area contributed by atoms with E-state index in [-0.39, 0.29) is 95.1 Å².